The molecule has 1 aliphatic heterocycles. The smallest absolute Gasteiger partial charge is 0.248 e. The molecule has 0 saturated carbocycles. The molecule has 0 bridgehead atoms. The average Bonchev–Trinajstić information content (AvgIpc) is 1.62. The lowest BCUT2D eigenvalue weighted by molar-refractivity contribution is -0.137. The van der Waals surface area contributed by atoms with Gasteiger partial charge in [0.1, 0.15) is 6.61 Å². The van der Waals surface area contributed by atoms with Crippen LogP contribution in [0.3, 0.4) is 0 Å². The minimum Gasteiger partial charge on any atom is -0.387 e. The molecule has 0 aromatic rings. The van der Waals surface area contributed by atoms with Gasteiger partial charge in [-0.1, -0.05) is 0 Å². The van der Waals surface area contributed by atoms with Crippen LogP contribution in [0, 0.1) is 0 Å². The first-order valence-electron chi connectivity index (χ1n) is 2.73. The van der Waals surface area contributed by atoms with Crippen molar-refractivity contribution in [3.05, 3.63) is 0 Å². The van der Waals surface area contributed by atoms with E-state index in [0.29, 0.717) is 0 Å². The standard InChI is InChI=1S/C5H9NO2/c7-4-5(8)6-2-1-3-6/h7H,1-4H2. The molecule has 1 saturated heterocycles. The van der Waals surface area contributed by atoms with E-state index in [1.165, 1.54) is 0 Å². The van der Waals surface area contributed by atoms with Gasteiger partial charge in [0.25, 0.3) is 0 Å². The Morgan fingerprint density at radius 2 is 2.25 bits per heavy atom. The zero-order valence-corrected chi connectivity index (χ0v) is 4.63. The van der Waals surface area contributed by atoms with Gasteiger partial charge in [0.05, 0.1) is 0 Å². The summed E-state index contributed by atoms with van der Waals surface area (Å²) >= 11 is 0. The maximum atomic E-state index is 10.5. The third-order valence-corrected chi connectivity index (χ3v) is 1.34. The summed E-state index contributed by atoms with van der Waals surface area (Å²) in [5.41, 5.74) is 0. The molecule has 1 amide bonds. The van der Waals surface area contributed by atoms with Crippen molar-refractivity contribution in [2.75, 3.05) is 19.7 Å². The Kier molecular flexibility index (Phi) is 1.48. The molecule has 0 aromatic heterocycles. The Morgan fingerprint density at radius 3 is 2.38 bits per heavy atom. The largest absolute Gasteiger partial charge is 0.387 e. The monoisotopic (exact) mass is 115 g/mol. The van der Waals surface area contributed by atoms with Crippen molar-refractivity contribution in [2.24, 2.45) is 0 Å². The van der Waals surface area contributed by atoms with Crippen molar-refractivity contribution in [1.82, 2.24) is 4.90 Å². The van der Waals surface area contributed by atoms with Gasteiger partial charge in [-0.05, 0) is 6.42 Å². The Balaban J connectivity index is 2.24. The first-order chi connectivity index (χ1) is 3.84. The fourth-order valence-electron chi connectivity index (χ4n) is 0.666. The van der Waals surface area contributed by atoms with Crippen LogP contribution in [0.1, 0.15) is 6.42 Å². The zero-order valence-electron chi connectivity index (χ0n) is 4.63. The fourth-order valence-corrected chi connectivity index (χ4v) is 0.666. The second-order valence-corrected chi connectivity index (χ2v) is 1.89. The van der Waals surface area contributed by atoms with E-state index < -0.39 is 0 Å². The van der Waals surface area contributed by atoms with Crippen molar-refractivity contribution in [2.45, 2.75) is 6.42 Å². The minimum absolute atomic E-state index is 0.142. The average molecular weight is 115 g/mol. The topological polar surface area (TPSA) is 40.5 Å². The second kappa shape index (κ2) is 2.13. The minimum atomic E-state index is -0.333. The number of amides is 1. The van der Waals surface area contributed by atoms with Crippen LogP contribution in [0.15, 0.2) is 0 Å². The molecule has 0 aliphatic carbocycles. The summed E-state index contributed by atoms with van der Waals surface area (Å²) < 4.78 is 0. The molecule has 3 heteroatoms. The SMILES string of the molecule is O=C(CO)N1CCC1. The van der Waals surface area contributed by atoms with Gasteiger partial charge in [-0.25, -0.2) is 0 Å². The molecular formula is C5H9NO2. The van der Waals surface area contributed by atoms with E-state index in [1.54, 1.807) is 4.90 Å². The zero-order chi connectivity index (χ0) is 5.98. The molecule has 3 nitrogen and oxygen atoms in total. The van der Waals surface area contributed by atoms with E-state index in [0.717, 1.165) is 19.5 Å². The molecule has 1 aliphatic rings. The highest BCUT2D eigenvalue weighted by molar-refractivity contribution is 5.77. The molecule has 46 valence electrons. The number of aliphatic hydroxyl groups excluding tert-OH is 1. The predicted molar refractivity (Wildman–Crippen MR) is 28.3 cm³/mol. The van der Waals surface area contributed by atoms with Gasteiger partial charge in [0, 0.05) is 13.1 Å². The molecule has 0 atom stereocenters. The summed E-state index contributed by atoms with van der Waals surface area (Å²) in [5.74, 6) is -0.142. The van der Waals surface area contributed by atoms with E-state index in [4.69, 9.17) is 5.11 Å². The number of aliphatic hydroxyl groups is 1. The highest BCUT2D eigenvalue weighted by Gasteiger charge is 2.18. The number of likely N-dealkylation sites (tertiary alicyclic amines) is 1. The molecule has 1 N–H and O–H groups in total. The van der Waals surface area contributed by atoms with Gasteiger partial charge >= 0.3 is 0 Å². The lowest BCUT2D eigenvalue weighted by Gasteiger charge is -2.29. The first-order valence-corrected chi connectivity index (χ1v) is 2.73. The third-order valence-electron chi connectivity index (χ3n) is 1.34. The van der Waals surface area contributed by atoms with Crippen molar-refractivity contribution in [3.8, 4) is 0 Å². The van der Waals surface area contributed by atoms with Gasteiger partial charge in [-0.15, -0.1) is 0 Å². The Bertz CT molecular complexity index is 98.6. The number of hydrogen-bond acceptors (Lipinski definition) is 2. The van der Waals surface area contributed by atoms with Crippen LogP contribution in [-0.2, 0) is 4.79 Å². The third kappa shape index (κ3) is 0.816. The maximum Gasteiger partial charge on any atom is 0.248 e. The van der Waals surface area contributed by atoms with Crippen molar-refractivity contribution < 1.29 is 9.90 Å². The van der Waals surface area contributed by atoms with E-state index >= 15 is 0 Å². The van der Waals surface area contributed by atoms with Crippen LogP contribution < -0.4 is 0 Å². The number of nitrogens with zero attached hydrogens (tertiary/aromatic N) is 1. The summed E-state index contributed by atoms with van der Waals surface area (Å²) in [4.78, 5) is 12.1. The summed E-state index contributed by atoms with van der Waals surface area (Å²) in [5, 5.41) is 8.28. The quantitative estimate of drug-likeness (QED) is 0.486. The number of carbonyl (C=O) groups is 1. The normalized spacial score (nSPS) is 17.9. The van der Waals surface area contributed by atoms with E-state index in [2.05, 4.69) is 0 Å². The predicted octanol–water partition coefficient (Wildman–Crippen LogP) is -0.789. The molecule has 0 spiro atoms. The molecule has 0 aromatic carbocycles. The van der Waals surface area contributed by atoms with Crippen molar-refractivity contribution >= 4 is 5.91 Å². The number of hydrogen-bond donors (Lipinski definition) is 1. The van der Waals surface area contributed by atoms with Gasteiger partial charge in [-0.2, -0.15) is 0 Å². The Morgan fingerprint density at radius 1 is 1.62 bits per heavy atom. The van der Waals surface area contributed by atoms with Crippen LogP contribution in [0.25, 0.3) is 0 Å². The number of rotatable bonds is 1. The molecule has 0 unspecified atom stereocenters. The van der Waals surface area contributed by atoms with Gasteiger partial charge in [0.15, 0.2) is 0 Å². The van der Waals surface area contributed by atoms with Crippen LogP contribution >= 0.6 is 0 Å². The van der Waals surface area contributed by atoms with Gasteiger partial charge in [0.2, 0.25) is 5.91 Å². The highest BCUT2D eigenvalue weighted by atomic mass is 16.3. The van der Waals surface area contributed by atoms with Crippen molar-refractivity contribution in [1.29, 1.82) is 0 Å². The summed E-state index contributed by atoms with van der Waals surface area (Å²) in [6.07, 6.45) is 1.09. The van der Waals surface area contributed by atoms with Crippen molar-refractivity contribution in [3.63, 3.8) is 0 Å². The second-order valence-electron chi connectivity index (χ2n) is 1.89. The molecule has 0 radical (unpaired) electrons. The summed E-state index contributed by atoms with van der Waals surface area (Å²) in [7, 11) is 0. The highest BCUT2D eigenvalue weighted by Crippen LogP contribution is 2.04. The Hall–Kier alpha value is -0.570. The van der Waals surface area contributed by atoms with Crippen LogP contribution in [0.4, 0.5) is 0 Å². The van der Waals surface area contributed by atoms with Gasteiger partial charge < -0.3 is 10.0 Å². The van der Waals surface area contributed by atoms with Gasteiger partial charge in [-0.3, -0.25) is 4.79 Å². The van der Waals surface area contributed by atoms with E-state index in [9.17, 15) is 4.79 Å². The van der Waals surface area contributed by atoms with Crippen LogP contribution in [0.5, 0.6) is 0 Å². The van der Waals surface area contributed by atoms with Crippen LogP contribution in [-0.4, -0.2) is 35.6 Å². The van der Waals surface area contributed by atoms with Crippen LogP contribution in [0.2, 0.25) is 0 Å². The van der Waals surface area contributed by atoms with E-state index in [-0.39, 0.29) is 12.5 Å². The molecule has 1 heterocycles. The molecule has 1 fully saturated rings. The maximum absolute atomic E-state index is 10.5. The van der Waals surface area contributed by atoms with E-state index in [1.807, 2.05) is 0 Å². The lowest BCUT2D eigenvalue weighted by atomic mass is 10.2. The lowest BCUT2D eigenvalue weighted by Crippen LogP contribution is -2.43. The molecular weight excluding hydrogens is 106 g/mol. The molecule has 8 heavy (non-hydrogen) atoms. The number of carbonyl (C=O) groups excluding carboxylic acids is 1. The molecule has 1 rings (SSSR count). The fraction of sp³-hybridized carbons (Fsp3) is 0.800. The summed E-state index contributed by atoms with van der Waals surface area (Å²) in [6, 6.07) is 0. The summed E-state index contributed by atoms with van der Waals surface area (Å²) in [6.45, 7) is 1.33. The first kappa shape index (κ1) is 5.56. The Labute approximate surface area is 47.9 Å².